The third kappa shape index (κ3) is 4.45. The number of rotatable bonds is 7. The van der Waals surface area contributed by atoms with Gasteiger partial charge in [-0.25, -0.2) is 0 Å². The van der Waals surface area contributed by atoms with E-state index in [1.165, 1.54) is 12.1 Å². The van der Waals surface area contributed by atoms with Gasteiger partial charge in [-0.2, -0.15) is 0 Å². The first-order chi connectivity index (χ1) is 11.5. The number of nitro benzene ring substituents is 1. The van der Waals surface area contributed by atoms with E-state index in [9.17, 15) is 14.9 Å². The molecule has 0 heterocycles. The average Bonchev–Trinajstić information content (AvgIpc) is 2.57. The predicted octanol–water partition coefficient (Wildman–Crippen LogP) is 3.43. The molecule has 2 aromatic carbocycles. The smallest absolute Gasteiger partial charge is 0.292 e. The standard InChI is InChI=1S/C17H19N3O4/c1-3-24-14-10-8-13(9-11-14)18-12(2)17(21)19-15-6-4-5-7-16(15)20(22)23/h4-12,18H,3H2,1-2H3,(H,19,21)/t12-/m1/s1. The van der Waals surface area contributed by atoms with Crippen molar-refractivity contribution in [2.45, 2.75) is 19.9 Å². The Balaban J connectivity index is 2.01. The minimum absolute atomic E-state index is 0.140. The van der Waals surface area contributed by atoms with Crippen LogP contribution in [0.3, 0.4) is 0 Å². The maximum atomic E-state index is 12.2. The van der Waals surface area contributed by atoms with E-state index in [-0.39, 0.29) is 17.3 Å². The third-order valence-corrected chi connectivity index (χ3v) is 3.30. The third-order valence-electron chi connectivity index (χ3n) is 3.30. The van der Waals surface area contributed by atoms with Crippen molar-refractivity contribution in [3.8, 4) is 5.75 Å². The number of carbonyl (C=O) groups is 1. The fraction of sp³-hybridized carbons (Fsp3) is 0.235. The quantitative estimate of drug-likeness (QED) is 0.599. The Bertz CT molecular complexity index is 716. The Morgan fingerprint density at radius 3 is 2.50 bits per heavy atom. The van der Waals surface area contributed by atoms with Crippen LogP contribution in [0.2, 0.25) is 0 Å². The summed E-state index contributed by atoms with van der Waals surface area (Å²) < 4.78 is 5.36. The van der Waals surface area contributed by atoms with Crippen molar-refractivity contribution in [1.29, 1.82) is 0 Å². The summed E-state index contributed by atoms with van der Waals surface area (Å²) in [5, 5.41) is 16.6. The molecule has 0 fully saturated rings. The Morgan fingerprint density at radius 1 is 1.21 bits per heavy atom. The molecule has 24 heavy (non-hydrogen) atoms. The Kier molecular flexibility index (Phi) is 5.73. The largest absolute Gasteiger partial charge is 0.494 e. The summed E-state index contributed by atoms with van der Waals surface area (Å²) in [7, 11) is 0. The monoisotopic (exact) mass is 329 g/mol. The number of nitro groups is 1. The second kappa shape index (κ2) is 7.96. The van der Waals surface area contributed by atoms with Gasteiger partial charge in [0, 0.05) is 11.8 Å². The molecule has 2 N–H and O–H groups in total. The Hall–Kier alpha value is -3.09. The van der Waals surface area contributed by atoms with Crippen molar-refractivity contribution < 1.29 is 14.5 Å². The zero-order chi connectivity index (χ0) is 17.5. The van der Waals surface area contributed by atoms with Crippen molar-refractivity contribution >= 4 is 23.0 Å². The van der Waals surface area contributed by atoms with Crippen LogP contribution in [0.25, 0.3) is 0 Å². The van der Waals surface area contributed by atoms with Gasteiger partial charge in [0.05, 0.1) is 11.5 Å². The molecule has 2 aromatic rings. The summed E-state index contributed by atoms with van der Waals surface area (Å²) in [5.41, 5.74) is 0.788. The van der Waals surface area contributed by atoms with Crippen LogP contribution in [0.4, 0.5) is 17.1 Å². The van der Waals surface area contributed by atoms with E-state index in [1.807, 2.05) is 6.92 Å². The normalized spacial score (nSPS) is 11.4. The van der Waals surface area contributed by atoms with Gasteiger partial charge in [-0.3, -0.25) is 14.9 Å². The van der Waals surface area contributed by atoms with E-state index in [1.54, 1.807) is 43.3 Å². The van der Waals surface area contributed by atoms with Gasteiger partial charge in [-0.15, -0.1) is 0 Å². The molecular weight excluding hydrogens is 310 g/mol. The van der Waals surface area contributed by atoms with Gasteiger partial charge >= 0.3 is 0 Å². The maximum absolute atomic E-state index is 12.2. The van der Waals surface area contributed by atoms with Gasteiger partial charge in [0.2, 0.25) is 5.91 Å². The molecule has 0 aliphatic carbocycles. The molecule has 7 nitrogen and oxygen atoms in total. The summed E-state index contributed by atoms with van der Waals surface area (Å²) >= 11 is 0. The second-order valence-electron chi connectivity index (χ2n) is 5.09. The van der Waals surface area contributed by atoms with Crippen LogP contribution in [-0.4, -0.2) is 23.5 Å². The minimum Gasteiger partial charge on any atom is -0.494 e. The molecule has 0 aliphatic rings. The number of benzene rings is 2. The molecule has 1 atom stereocenters. The molecule has 0 saturated carbocycles. The van der Waals surface area contributed by atoms with Crippen molar-refractivity contribution in [1.82, 2.24) is 0 Å². The number of anilines is 2. The van der Waals surface area contributed by atoms with Gasteiger partial charge in [-0.1, -0.05) is 12.1 Å². The average molecular weight is 329 g/mol. The molecule has 0 spiro atoms. The number of hydrogen-bond acceptors (Lipinski definition) is 5. The van der Waals surface area contributed by atoms with Crippen LogP contribution in [0, 0.1) is 10.1 Å². The Labute approximate surface area is 139 Å². The second-order valence-corrected chi connectivity index (χ2v) is 5.09. The first-order valence-corrected chi connectivity index (χ1v) is 7.55. The van der Waals surface area contributed by atoms with Crippen LogP contribution in [0.15, 0.2) is 48.5 Å². The minimum atomic E-state index is -0.567. The van der Waals surface area contributed by atoms with Gasteiger partial charge in [-0.05, 0) is 44.2 Å². The zero-order valence-corrected chi connectivity index (χ0v) is 13.5. The number of ether oxygens (including phenoxy) is 1. The van der Waals surface area contributed by atoms with Crippen LogP contribution < -0.4 is 15.4 Å². The van der Waals surface area contributed by atoms with E-state index < -0.39 is 11.0 Å². The molecule has 126 valence electrons. The number of hydrogen-bond donors (Lipinski definition) is 2. The van der Waals surface area contributed by atoms with Crippen molar-refractivity contribution in [2.75, 3.05) is 17.2 Å². The van der Waals surface area contributed by atoms with E-state index >= 15 is 0 Å². The maximum Gasteiger partial charge on any atom is 0.292 e. The first kappa shape index (κ1) is 17.3. The predicted molar refractivity (Wildman–Crippen MR) is 92.4 cm³/mol. The van der Waals surface area contributed by atoms with Crippen molar-refractivity contribution in [3.63, 3.8) is 0 Å². The lowest BCUT2D eigenvalue weighted by molar-refractivity contribution is -0.383. The molecule has 0 unspecified atom stereocenters. The van der Waals surface area contributed by atoms with Crippen molar-refractivity contribution in [2.24, 2.45) is 0 Å². The number of nitrogens with one attached hydrogen (secondary N) is 2. The van der Waals surface area contributed by atoms with Crippen LogP contribution in [0.1, 0.15) is 13.8 Å². The van der Waals surface area contributed by atoms with Gasteiger partial charge in [0.25, 0.3) is 5.69 Å². The molecule has 0 radical (unpaired) electrons. The van der Waals surface area contributed by atoms with E-state index in [0.29, 0.717) is 6.61 Å². The molecule has 0 aromatic heterocycles. The summed E-state index contributed by atoms with van der Waals surface area (Å²) in [5.74, 6) is 0.387. The van der Waals surface area contributed by atoms with E-state index in [2.05, 4.69) is 10.6 Å². The molecular formula is C17H19N3O4. The van der Waals surface area contributed by atoms with Gasteiger partial charge < -0.3 is 15.4 Å². The fourth-order valence-electron chi connectivity index (χ4n) is 2.11. The zero-order valence-electron chi connectivity index (χ0n) is 13.5. The van der Waals surface area contributed by atoms with E-state index in [4.69, 9.17) is 4.74 Å². The first-order valence-electron chi connectivity index (χ1n) is 7.55. The molecule has 0 bridgehead atoms. The van der Waals surface area contributed by atoms with Crippen molar-refractivity contribution in [3.05, 3.63) is 58.6 Å². The lowest BCUT2D eigenvalue weighted by atomic mass is 10.2. The molecule has 0 saturated heterocycles. The molecule has 2 rings (SSSR count). The number of carbonyl (C=O) groups excluding carboxylic acids is 1. The van der Waals surface area contributed by atoms with Crippen LogP contribution >= 0.6 is 0 Å². The highest BCUT2D eigenvalue weighted by Gasteiger charge is 2.18. The lowest BCUT2D eigenvalue weighted by Crippen LogP contribution is -2.32. The van der Waals surface area contributed by atoms with Gasteiger partial charge in [0.1, 0.15) is 17.5 Å². The summed E-state index contributed by atoms with van der Waals surface area (Å²) in [4.78, 5) is 22.7. The molecule has 0 aliphatic heterocycles. The van der Waals surface area contributed by atoms with Gasteiger partial charge in [0.15, 0.2) is 0 Å². The van der Waals surface area contributed by atoms with E-state index in [0.717, 1.165) is 11.4 Å². The summed E-state index contributed by atoms with van der Waals surface area (Å²) in [6.45, 7) is 4.17. The lowest BCUT2D eigenvalue weighted by Gasteiger charge is -2.15. The highest BCUT2D eigenvalue weighted by Crippen LogP contribution is 2.23. The SMILES string of the molecule is CCOc1ccc(N[C@H](C)C(=O)Nc2ccccc2[N+](=O)[O-])cc1. The topological polar surface area (TPSA) is 93.5 Å². The fourth-order valence-corrected chi connectivity index (χ4v) is 2.11. The molecule has 1 amide bonds. The van der Waals surface area contributed by atoms with Crippen LogP contribution in [-0.2, 0) is 4.79 Å². The molecule has 7 heteroatoms. The number of para-hydroxylation sites is 2. The summed E-state index contributed by atoms with van der Waals surface area (Å²) in [6, 6.07) is 12.7. The highest BCUT2D eigenvalue weighted by atomic mass is 16.6. The number of nitrogens with zero attached hydrogens (tertiary/aromatic N) is 1. The highest BCUT2D eigenvalue weighted by molar-refractivity contribution is 5.97. The number of amides is 1. The summed E-state index contributed by atoms with van der Waals surface area (Å²) in [6.07, 6.45) is 0. The Morgan fingerprint density at radius 2 is 1.88 bits per heavy atom. The van der Waals surface area contributed by atoms with Crippen LogP contribution in [0.5, 0.6) is 5.75 Å².